The van der Waals surface area contributed by atoms with Gasteiger partial charge in [-0.3, -0.25) is 9.59 Å². The Morgan fingerprint density at radius 1 is 1.39 bits per heavy atom. The molecule has 1 atom stereocenters. The minimum Gasteiger partial charge on any atom is -0.358 e. The molecule has 0 aliphatic heterocycles. The average Bonchev–Trinajstić information content (AvgIpc) is 2.36. The van der Waals surface area contributed by atoms with Crippen molar-refractivity contribution >= 4 is 34.9 Å². The van der Waals surface area contributed by atoms with E-state index in [-0.39, 0.29) is 16.1 Å². The van der Waals surface area contributed by atoms with Crippen LogP contribution in [0.1, 0.15) is 20.7 Å². The average molecular weight is 294 g/mol. The molecule has 7 heteroatoms. The monoisotopic (exact) mass is 293 g/mol. The summed E-state index contributed by atoms with van der Waals surface area (Å²) in [6, 6.07) is 1.94. The second-order valence-electron chi connectivity index (χ2n) is 3.31. The molecule has 1 unspecified atom stereocenters. The van der Waals surface area contributed by atoms with Crippen LogP contribution in [0.3, 0.4) is 0 Å². The smallest absolute Gasteiger partial charge is 0.252 e. The first-order valence-corrected chi connectivity index (χ1v) is 5.66. The lowest BCUT2D eigenvalue weighted by molar-refractivity contribution is 0.0777. The molecule has 0 aliphatic carbocycles. The first-order chi connectivity index (χ1) is 8.42. The third-order valence-electron chi connectivity index (χ3n) is 2.21. The van der Waals surface area contributed by atoms with Gasteiger partial charge in [0.25, 0.3) is 5.91 Å². The Balaban J connectivity index is 3.29. The highest BCUT2D eigenvalue weighted by atomic mass is 35.5. The molecule has 1 aromatic rings. The summed E-state index contributed by atoms with van der Waals surface area (Å²) in [4.78, 5) is 23.2. The fourth-order valence-electron chi connectivity index (χ4n) is 1.28. The summed E-state index contributed by atoms with van der Waals surface area (Å²) in [7, 11) is 2.60. The van der Waals surface area contributed by atoms with Crippen LogP contribution in [0, 0.1) is 5.82 Å². The Labute approximate surface area is 113 Å². The minimum absolute atomic E-state index is 0.0103. The molecule has 0 bridgehead atoms. The van der Waals surface area contributed by atoms with Crippen LogP contribution in [0.25, 0.3) is 0 Å². The van der Waals surface area contributed by atoms with Crippen molar-refractivity contribution in [1.82, 2.24) is 5.32 Å². The lowest BCUT2D eigenvalue weighted by Gasteiger charge is -2.10. The summed E-state index contributed by atoms with van der Waals surface area (Å²) in [6.07, 6.45) is 0. The molecule has 1 aromatic carbocycles. The summed E-state index contributed by atoms with van der Waals surface area (Å²) in [5.41, 5.74) is -1.68. The number of hydrogen-bond donors (Lipinski definition) is 1. The van der Waals surface area contributed by atoms with Gasteiger partial charge in [-0.25, -0.2) is 4.39 Å². The molecule has 1 rings (SSSR count). The Hall–Kier alpha value is -1.17. The van der Waals surface area contributed by atoms with E-state index >= 15 is 0 Å². The predicted octanol–water partition coefficient (Wildman–Crippen LogP) is 2.23. The third kappa shape index (κ3) is 2.98. The molecule has 0 spiro atoms. The SMILES string of the molecule is CNC(=O)c1cc(C(=O)C(Cl)OC)c(F)cc1Cl. The number of rotatable bonds is 4. The van der Waals surface area contributed by atoms with Crippen LogP contribution in [0.2, 0.25) is 5.02 Å². The van der Waals surface area contributed by atoms with Gasteiger partial charge in [-0.2, -0.15) is 0 Å². The third-order valence-corrected chi connectivity index (χ3v) is 2.90. The number of ketones is 1. The molecule has 4 nitrogen and oxygen atoms in total. The summed E-state index contributed by atoms with van der Waals surface area (Å²) < 4.78 is 18.2. The second kappa shape index (κ2) is 6.13. The van der Waals surface area contributed by atoms with E-state index < -0.39 is 23.1 Å². The number of alkyl halides is 1. The fourth-order valence-corrected chi connectivity index (χ4v) is 1.63. The van der Waals surface area contributed by atoms with Gasteiger partial charge >= 0.3 is 0 Å². The standard InChI is InChI=1S/C11H10Cl2FNO3/c1-15-11(17)5-3-6(8(14)4-7(5)12)9(16)10(13)18-2/h3-4,10H,1-2H3,(H,15,17). The van der Waals surface area contributed by atoms with E-state index in [0.29, 0.717) is 0 Å². The normalized spacial score (nSPS) is 12.1. The van der Waals surface area contributed by atoms with Gasteiger partial charge in [0.15, 0.2) is 5.56 Å². The maximum Gasteiger partial charge on any atom is 0.252 e. The number of ether oxygens (including phenoxy) is 1. The van der Waals surface area contributed by atoms with Gasteiger partial charge in [-0.15, -0.1) is 0 Å². The molecule has 98 valence electrons. The Morgan fingerprint density at radius 2 is 2.00 bits per heavy atom. The fraction of sp³-hybridized carbons (Fsp3) is 0.273. The highest BCUT2D eigenvalue weighted by Gasteiger charge is 2.23. The number of methoxy groups -OCH3 is 1. The number of amides is 1. The first kappa shape index (κ1) is 14.9. The molecule has 0 saturated heterocycles. The van der Waals surface area contributed by atoms with Gasteiger partial charge in [-0.1, -0.05) is 23.2 Å². The number of halogens is 3. The second-order valence-corrected chi connectivity index (χ2v) is 4.11. The summed E-state index contributed by atoms with van der Waals surface area (Å²) in [6.45, 7) is 0. The van der Waals surface area contributed by atoms with Crippen molar-refractivity contribution in [2.45, 2.75) is 5.56 Å². The molecule has 0 saturated carbocycles. The van der Waals surface area contributed by atoms with E-state index in [4.69, 9.17) is 23.2 Å². The van der Waals surface area contributed by atoms with E-state index in [1.165, 1.54) is 14.2 Å². The van der Waals surface area contributed by atoms with Gasteiger partial charge in [-0.05, 0) is 12.1 Å². The van der Waals surface area contributed by atoms with Crippen LogP contribution in [-0.2, 0) is 4.74 Å². The molecule has 1 N–H and O–H groups in total. The quantitative estimate of drug-likeness (QED) is 0.684. The molecule has 0 heterocycles. The molecular weight excluding hydrogens is 284 g/mol. The van der Waals surface area contributed by atoms with Crippen LogP contribution in [0.5, 0.6) is 0 Å². The number of hydrogen-bond acceptors (Lipinski definition) is 3. The number of carbonyl (C=O) groups is 2. The van der Waals surface area contributed by atoms with Crippen LogP contribution >= 0.6 is 23.2 Å². The van der Waals surface area contributed by atoms with Gasteiger partial charge < -0.3 is 10.1 Å². The van der Waals surface area contributed by atoms with Crippen LogP contribution < -0.4 is 5.32 Å². The minimum atomic E-state index is -1.32. The van der Waals surface area contributed by atoms with Crippen molar-refractivity contribution in [3.8, 4) is 0 Å². The van der Waals surface area contributed by atoms with Gasteiger partial charge in [0.05, 0.1) is 16.1 Å². The molecular formula is C11H10Cl2FNO3. The van der Waals surface area contributed by atoms with Crippen molar-refractivity contribution in [2.24, 2.45) is 0 Å². The summed E-state index contributed by atoms with van der Waals surface area (Å²) >= 11 is 11.3. The molecule has 18 heavy (non-hydrogen) atoms. The van der Waals surface area contributed by atoms with Gasteiger partial charge in [0.2, 0.25) is 5.78 Å². The molecule has 0 aromatic heterocycles. The van der Waals surface area contributed by atoms with Crippen molar-refractivity contribution in [3.63, 3.8) is 0 Å². The van der Waals surface area contributed by atoms with Gasteiger partial charge in [0, 0.05) is 14.2 Å². The number of nitrogens with one attached hydrogen (secondary N) is 1. The Bertz CT molecular complexity index is 493. The molecule has 0 radical (unpaired) electrons. The molecule has 0 fully saturated rings. The van der Waals surface area contributed by atoms with E-state index in [2.05, 4.69) is 10.1 Å². The van der Waals surface area contributed by atoms with E-state index in [1.807, 2.05) is 0 Å². The molecule has 1 amide bonds. The molecule has 0 aliphatic rings. The van der Waals surface area contributed by atoms with Crippen molar-refractivity contribution in [1.29, 1.82) is 0 Å². The zero-order valence-electron chi connectivity index (χ0n) is 9.59. The largest absolute Gasteiger partial charge is 0.358 e. The zero-order valence-corrected chi connectivity index (χ0v) is 11.1. The maximum absolute atomic E-state index is 13.6. The Kier molecular flexibility index (Phi) is 5.07. The summed E-state index contributed by atoms with van der Waals surface area (Å²) in [5, 5.41) is 2.24. The zero-order chi connectivity index (χ0) is 13.9. The Morgan fingerprint density at radius 3 is 2.50 bits per heavy atom. The topological polar surface area (TPSA) is 55.4 Å². The van der Waals surface area contributed by atoms with Crippen LogP contribution in [-0.4, -0.2) is 31.4 Å². The number of Topliss-reactive ketones (excluding diaryl/α,β-unsaturated/α-hetero) is 1. The van der Waals surface area contributed by atoms with Gasteiger partial charge in [0.1, 0.15) is 5.82 Å². The van der Waals surface area contributed by atoms with Crippen LogP contribution in [0.15, 0.2) is 12.1 Å². The first-order valence-electron chi connectivity index (χ1n) is 4.84. The van der Waals surface area contributed by atoms with Crippen LogP contribution in [0.4, 0.5) is 4.39 Å². The van der Waals surface area contributed by atoms with E-state index in [9.17, 15) is 14.0 Å². The number of carbonyl (C=O) groups excluding carboxylic acids is 2. The summed E-state index contributed by atoms with van der Waals surface area (Å²) in [5.74, 6) is -2.17. The lowest BCUT2D eigenvalue weighted by atomic mass is 10.1. The van der Waals surface area contributed by atoms with E-state index in [0.717, 1.165) is 12.1 Å². The highest BCUT2D eigenvalue weighted by molar-refractivity contribution is 6.35. The lowest BCUT2D eigenvalue weighted by Crippen LogP contribution is -2.22. The highest BCUT2D eigenvalue weighted by Crippen LogP contribution is 2.23. The van der Waals surface area contributed by atoms with Crippen molar-refractivity contribution in [2.75, 3.05) is 14.2 Å². The van der Waals surface area contributed by atoms with Crippen molar-refractivity contribution in [3.05, 3.63) is 34.1 Å². The predicted molar refractivity (Wildman–Crippen MR) is 65.8 cm³/mol. The van der Waals surface area contributed by atoms with Crippen molar-refractivity contribution < 1.29 is 18.7 Å². The maximum atomic E-state index is 13.6. The van der Waals surface area contributed by atoms with E-state index in [1.54, 1.807) is 0 Å². The number of benzene rings is 1.